The third-order valence-electron chi connectivity index (χ3n) is 3.98. The molecule has 5 nitrogen and oxygen atoms in total. The van der Waals surface area contributed by atoms with Crippen LogP contribution in [0, 0.1) is 6.92 Å². The van der Waals surface area contributed by atoms with Crippen LogP contribution in [-0.4, -0.2) is 67.6 Å². The Labute approximate surface area is 136 Å². The van der Waals surface area contributed by atoms with Gasteiger partial charge in [-0.05, 0) is 30.9 Å². The summed E-state index contributed by atoms with van der Waals surface area (Å²) in [5.41, 5.74) is 1.79. The van der Waals surface area contributed by atoms with Gasteiger partial charge in [-0.15, -0.1) is 11.8 Å². The molecule has 0 aromatic heterocycles. The van der Waals surface area contributed by atoms with Gasteiger partial charge in [-0.3, -0.25) is 14.5 Å². The lowest BCUT2D eigenvalue weighted by molar-refractivity contribution is -0.122. The van der Waals surface area contributed by atoms with Gasteiger partial charge in [0.1, 0.15) is 0 Å². The quantitative estimate of drug-likeness (QED) is 0.847. The average Bonchev–Trinajstić information content (AvgIpc) is 2.55. The molecule has 1 aromatic carbocycles. The second-order valence-corrected chi connectivity index (χ2v) is 6.30. The number of piperazine rings is 1. The first-order chi connectivity index (χ1) is 10.5. The van der Waals surface area contributed by atoms with Crippen molar-refractivity contribution >= 4 is 23.6 Å². The molecule has 1 aliphatic rings. The largest absolute Gasteiger partial charge is 0.358 e. The maximum atomic E-state index is 12.7. The number of nitrogens with zero attached hydrogens (tertiary/aromatic N) is 2. The first-order valence-corrected chi connectivity index (χ1v) is 8.64. The van der Waals surface area contributed by atoms with Gasteiger partial charge in [0.15, 0.2) is 0 Å². The summed E-state index contributed by atoms with van der Waals surface area (Å²) in [6, 6.07) is 6.01. The molecule has 22 heavy (non-hydrogen) atoms. The van der Waals surface area contributed by atoms with Crippen LogP contribution in [0.1, 0.15) is 15.9 Å². The van der Waals surface area contributed by atoms with Crippen molar-refractivity contribution in [3.05, 3.63) is 29.3 Å². The molecule has 1 saturated heterocycles. The van der Waals surface area contributed by atoms with Gasteiger partial charge in [-0.2, -0.15) is 0 Å². The van der Waals surface area contributed by atoms with Gasteiger partial charge in [-0.1, -0.05) is 6.07 Å². The summed E-state index contributed by atoms with van der Waals surface area (Å²) in [4.78, 5) is 29.2. The van der Waals surface area contributed by atoms with E-state index < -0.39 is 0 Å². The van der Waals surface area contributed by atoms with Crippen molar-refractivity contribution in [1.82, 2.24) is 15.1 Å². The lowest BCUT2D eigenvalue weighted by atomic mass is 10.1. The number of rotatable bonds is 4. The SMILES string of the molecule is CNC(=O)CN1CCN(C(=O)c2cc(SC)ccc2C)CC1. The van der Waals surface area contributed by atoms with E-state index in [1.807, 2.05) is 36.3 Å². The molecule has 0 unspecified atom stereocenters. The fourth-order valence-corrected chi connectivity index (χ4v) is 2.96. The number of thioether (sulfide) groups is 1. The third-order valence-corrected chi connectivity index (χ3v) is 4.71. The van der Waals surface area contributed by atoms with Crippen LogP contribution < -0.4 is 5.32 Å². The highest BCUT2D eigenvalue weighted by molar-refractivity contribution is 7.98. The van der Waals surface area contributed by atoms with Gasteiger partial charge in [0.2, 0.25) is 5.91 Å². The smallest absolute Gasteiger partial charge is 0.254 e. The second kappa shape index (κ2) is 7.65. The van der Waals surface area contributed by atoms with E-state index >= 15 is 0 Å². The van der Waals surface area contributed by atoms with Crippen LogP contribution in [0.25, 0.3) is 0 Å². The predicted molar refractivity (Wildman–Crippen MR) is 89.4 cm³/mol. The van der Waals surface area contributed by atoms with E-state index in [4.69, 9.17) is 0 Å². The Morgan fingerprint density at radius 2 is 1.91 bits per heavy atom. The predicted octanol–water partition coefficient (Wildman–Crippen LogP) is 1.22. The molecule has 0 spiro atoms. The van der Waals surface area contributed by atoms with Gasteiger partial charge in [0.25, 0.3) is 5.91 Å². The summed E-state index contributed by atoms with van der Waals surface area (Å²) in [6.07, 6.45) is 2.01. The highest BCUT2D eigenvalue weighted by Gasteiger charge is 2.24. The van der Waals surface area contributed by atoms with Gasteiger partial charge >= 0.3 is 0 Å². The summed E-state index contributed by atoms with van der Waals surface area (Å²) in [7, 11) is 1.64. The van der Waals surface area contributed by atoms with E-state index in [0.29, 0.717) is 19.6 Å². The van der Waals surface area contributed by atoms with E-state index in [1.54, 1.807) is 18.8 Å². The molecule has 1 aliphatic heterocycles. The number of hydrogen-bond acceptors (Lipinski definition) is 4. The van der Waals surface area contributed by atoms with E-state index in [1.165, 1.54) is 0 Å². The lowest BCUT2D eigenvalue weighted by Crippen LogP contribution is -2.51. The molecule has 2 amide bonds. The Morgan fingerprint density at radius 1 is 1.23 bits per heavy atom. The minimum absolute atomic E-state index is 0.0169. The maximum Gasteiger partial charge on any atom is 0.254 e. The van der Waals surface area contributed by atoms with Crippen molar-refractivity contribution in [3.8, 4) is 0 Å². The summed E-state index contributed by atoms with van der Waals surface area (Å²) >= 11 is 1.64. The van der Waals surface area contributed by atoms with Gasteiger partial charge in [0.05, 0.1) is 6.54 Å². The molecule has 0 atom stereocenters. The Bertz CT molecular complexity index is 554. The molecule has 0 bridgehead atoms. The molecule has 0 aliphatic carbocycles. The van der Waals surface area contributed by atoms with Crippen molar-refractivity contribution < 1.29 is 9.59 Å². The number of carbonyl (C=O) groups excluding carboxylic acids is 2. The number of hydrogen-bond donors (Lipinski definition) is 1. The molecule has 2 rings (SSSR count). The Kier molecular flexibility index (Phi) is 5.85. The van der Waals surface area contributed by atoms with Crippen molar-refractivity contribution in [3.63, 3.8) is 0 Å². The van der Waals surface area contributed by atoms with E-state index in [-0.39, 0.29) is 11.8 Å². The molecular weight excluding hydrogens is 298 g/mol. The van der Waals surface area contributed by atoms with Crippen LogP contribution in [0.5, 0.6) is 0 Å². The van der Waals surface area contributed by atoms with Gasteiger partial charge in [-0.25, -0.2) is 0 Å². The fraction of sp³-hybridized carbons (Fsp3) is 0.500. The highest BCUT2D eigenvalue weighted by Crippen LogP contribution is 2.21. The van der Waals surface area contributed by atoms with Crippen molar-refractivity contribution in [2.75, 3.05) is 46.0 Å². The normalized spacial score (nSPS) is 15.7. The number of likely N-dealkylation sites (N-methyl/N-ethyl adjacent to an activating group) is 1. The number of amides is 2. The minimum Gasteiger partial charge on any atom is -0.358 e. The van der Waals surface area contributed by atoms with Crippen LogP contribution in [0.2, 0.25) is 0 Å². The summed E-state index contributed by atoms with van der Waals surface area (Å²) in [6.45, 7) is 5.18. The van der Waals surface area contributed by atoms with Crippen LogP contribution in [0.3, 0.4) is 0 Å². The first kappa shape index (κ1) is 16.8. The monoisotopic (exact) mass is 321 g/mol. The topological polar surface area (TPSA) is 52.7 Å². The fourth-order valence-electron chi connectivity index (χ4n) is 2.52. The number of carbonyl (C=O) groups is 2. The zero-order valence-electron chi connectivity index (χ0n) is 13.4. The summed E-state index contributed by atoms with van der Waals surface area (Å²) < 4.78 is 0. The van der Waals surface area contributed by atoms with Crippen LogP contribution in [0.15, 0.2) is 23.1 Å². The number of benzene rings is 1. The van der Waals surface area contributed by atoms with Crippen LogP contribution in [-0.2, 0) is 4.79 Å². The van der Waals surface area contributed by atoms with Crippen LogP contribution >= 0.6 is 11.8 Å². The average molecular weight is 321 g/mol. The number of nitrogens with one attached hydrogen (secondary N) is 1. The highest BCUT2D eigenvalue weighted by atomic mass is 32.2. The Hall–Kier alpha value is -1.53. The Balaban J connectivity index is 1.99. The Morgan fingerprint density at radius 3 is 2.50 bits per heavy atom. The maximum absolute atomic E-state index is 12.7. The molecular formula is C16H23N3O2S. The van der Waals surface area contributed by atoms with Crippen molar-refractivity contribution in [2.24, 2.45) is 0 Å². The van der Waals surface area contributed by atoms with Crippen LogP contribution in [0.4, 0.5) is 0 Å². The van der Waals surface area contributed by atoms with Gasteiger partial charge in [0, 0.05) is 43.7 Å². The van der Waals surface area contributed by atoms with Gasteiger partial charge < -0.3 is 10.2 Å². The molecule has 0 radical (unpaired) electrons. The molecule has 120 valence electrons. The van der Waals surface area contributed by atoms with Crippen molar-refractivity contribution in [2.45, 2.75) is 11.8 Å². The zero-order chi connectivity index (χ0) is 16.1. The van der Waals surface area contributed by atoms with E-state index in [9.17, 15) is 9.59 Å². The standard InChI is InChI=1S/C16H23N3O2S/c1-12-4-5-13(22-3)10-14(12)16(21)19-8-6-18(7-9-19)11-15(20)17-2/h4-5,10H,6-9,11H2,1-3H3,(H,17,20). The van der Waals surface area contributed by atoms with E-state index in [0.717, 1.165) is 29.1 Å². The molecule has 1 aromatic rings. The molecule has 6 heteroatoms. The third kappa shape index (κ3) is 4.01. The molecule has 0 saturated carbocycles. The minimum atomic E-state index is 0.0169. The van der Waals surface area contributed by atoms with Crippen molar-refractivity contribution in [1.29, 1.82) is 0 Å². The molecule has 1 N–H and O–H groups in total. The lowest BCUT2D eigenvalue weighted by Gasteiger charge is -2.34. The molecule has 1 fully saturated rings. The summed E-state index contributed by atoms with van der Waals surface area (Å²) in [5, 5.41) is 2.63. The first-order valence-electron chi connectivity index (χ1n) is 7.42. The molecule has 1 heterocycles. The second-order valence-electron chi connectivity index (χ2n) is 5.42. The zero-order valence-corrected chi connectivity index (χ0v) is 14.2. The summed E-state index contributed by atoms with van der Waals surface area (Å²) in [5.74, 6) is 0.108. The van der Waals surface area contributed by atoms with E-state index in [2.05, 4.69) is 10.2 Å². The number of aryl methyl sites for hydroxylation is 1.